The van der Waals surface area contributed by atoms with Crippen molar-refractivity contribution in [2.45, 2.75) is 12.8 Å². The molecule has 7 heteroatoms. The fraction of sp³-hybridized carbons (Fsp3) is 0.118. The topological polar surface area (TPSA) is 66.9 Å². The van der Waals surface area contributed by atoms with Crippen molar-refractivity contribution < 1.29 is 4.79 Å². The number of nitrogens with zero attached hydrogens (tertiary/aromatic N) is 2. The normalized spacial score (nSPS) is 11.8. The van der Waals surface area contributed by atoms with Crippen LogP contribution in [0, 0.1) is 0 Å². The smallest absolute Gasteiger partial charge is 0.308 e. The molecule has 5 nitrogen and oxygen atoms in total. The molecule has 0 aliphatic heterocycles. The standard InChI is InChI=1S/C17H15ClN4OS/c1-11(12-5-3-2-4-6-12)15-21-22-17(24-15)20-16(23)19-14-9-7-13(18)8-10-14/h2-11H,1H3,(H2,19,20,22,23)/t11-/m0/s1. The lowest BCUT2D eigenvalue weighted by Crippen LogP contribution is -2.19. The number of urea groups is 1. The maximum Gasteiger partial charge on any atom is 0.325 e. The molecule has 2 aromatic carbocycles. The molecule has 3 rings (SSSR count). The number of anilines is 2. The number of nitrogens with one attached hydrogen (secondary N) is 2. The number of benzene rings is 2. The number of halogens is 1. The zero-order chi connectivity index (χ0) is 16.9. The summed E-state index contributed by atoms with van der Waals surface area (Å²) in [5.41, 5.74) is 1.81. The van der Waals surface area contributed by atoms with Gasteiger partial charge in [-0.2, -0.15) is 0 Å². The highest BCUT2D eigenvalue weighted by atomic mass is 35.5. The van der Waals surface area contributed by atoms with Crippen LogP contribution in [-0.2, 0) is 0 Å². The zero-order valence-electron chi connectivity index (χ0n) is 12.9. The molecule has 0 bridgehead atoms. The highest BCUT2D eigenvalue weighted by Crippen LogP contribution is 2.28. The van der Waals surface area contributed by atoms with Crippen LogP contribution < -0.4 is 10.6 Å². The molecule has 122 valence electrons. The first kappa shape index (κ1) is 16.4. The van der Waals surface area contributed by atoms with Crippen molar-refractivity contribution in [3.8, 4) is 0 Å². The summed E-state index contributed by atoms with van der Waals surface area (Å²) in [6, 6.07) is 16.6. The van der Waals surface area contributed by atoms with Crippen molar-refractivity contribution in [2.75, 3.05) is 10.6 Å². The van der Waals surface area contributed by atoms with E-state index in [-0.39, 0.29) is 11.9 Å². The third-order valence-electron chi connectivity index (χ3n) is 3.43. The minimum absolute atomic E-state index is 0.124. The van der Waals surface area contributed by atoms with Crippen molar-refractivity contribution in [1.82, 2.24) is 10.2 Å². The first-order valence-electron chi connectivity index (χ1n) is 7.34. The summed E-state index contributed by atoms with van der Waals surface area (Å²) in [7, 11) is 0. The van der Waals surface area contributed by atoms with E-state index in [0.29, 0.717) is 15.8 Å². The molecule has 3 aromatic rings. The Kier molecular flexibility index (Phi) is 5.08. The van der Waals surface area contributed by atoms with Gasteiger partial charge in [0.05, 0.1) is 0 Å². The fourth-order valence-corrected chi connectivity index (χ4v) is 3.08. The molecule has 0 unspecified atom stereocenters. The molecule has 0 saturated heterocycles. The van der Waals surface area contributed by atoms with E-state index in [0.717, 1.165) is 10.6 Å². The van der Waals surface area contributed by atoms with Gasteiger partial charge in [0, 0.05) is 16.6 Å². The number of carbonyl (C=O) groups is 1. The molecule has 0 aliphatic rings. The average molecular weight is 359 g/mol. The number of amides is 2. The van der Waals surface area contributed by atoms with Crippen LogP contribution in [0.2, 0.25) is 5.02 Å². The Labute approximate surface area is 148 Å². The Hall–Kier alpha value is -2.44. The highest BCUT2D eigenvalue weighted by Gasteiger charge is 2.15. The predicted molar refractivity (Wildman–Crippen MR) is 98.0 cm³/mol. The van der Waals surface area contributed by atoms with Crippen LogP contribution in [0.5, 0.6) is 0 Å². The molecule has 1 heterocycles. The summed E-state index contributed by atoms with van der Waals surface area (Å²) < 4.78 is 0. The van der Waals surface area contributed by atoms with E-state index >= 15 is 0 Å². The average Bonchev–Trinajstić information content (AvgIpc) is 3.05. The number of rotatable bonds is 4. The Balaban J connectivity index is 1.63. The van der Waals surface area contributed by atoms with Gasteiger partial charge in [-0.25, -0.2) is 4.79 Å². The molecule has 2 amide bonds. The zero-order valence-corrected chi connectivity index (χ0v) is 14.4. The molecule has 1 aromatic heterocycles. The van der Waals surface area contributed by atoms with E-state index in [2.05, 4.69) is 27.8 Å². The summed E-state index contributed by atoms with van der Waals surface area (Å²) in [5.74, 6) is 0.124. The van der Waals surface area contributed by atoms with Crippen LogP contribution in [0.15, 0.2) is 54.6 Å². The maximum absolute atomic E-state index is 12.0. The third-order valence-corrected chi connectivity index (χ3v) is 4.71. The Morgan fingerprint density at radius 1 is 1.04 bits per heavy atom. The van der Waals surface area contributed by atoms with Crippen molar-refractivity contribution >= 4 is 39.8 Å². The quantitative estimate of drug-likeness (QED) is 0.690. The van der Waals surface area contributed by atoms with Crippen LogP contribution in [0.4, 0.5) is 15.6 Å². The third kappa shape index (κ3) is 4.10. The van der Waals surface area contributed by atoms with Gasteiger partial charge in [0.2, 0.25) is 5.13 Å². The van der Waals surface area contributed by atoms with E-state index in [1.165, 1.54) is 11.3 Å². The molecule has 0 saturated carbocycles. The van der Waals surface area contributed by atoms with E-state index in [4.69, 9.17) is 11.6 Å². The number of hydrogen-bond acceptors (Lipinski definition) is 4. The van der Waals surface area contributed by atoms with Crippen LogP contribution >= 0.6 is 22.9 Å². The van der Waals surface area contributed by atoms with Crippen molar-refractivity contribution in [3.05, 3.63) is 70.2 Å². The lowest BCUT2D eigenvalue weighted by molar-refractivity contribution is 0.262. The maximum atomic E-state index is 12.0. The SMILES string of the molecule is C[C@@H](c1ccccc1)c1nnc(NC(=O)Nc2ccc(Cl)cc2)s1. The van der Waals surface area contributed by atoms with Gasteiger partial charge in [-0.05, 0) is 29.8 Å². The van der Waals surface area contributed by atoms with Gasteiger partial charge in [-0.1, -0.05) is 60.2 Å². The number of hydrogen-bond donors (Lipinski definition) is 2. The van der Waals surface area contributed by atoms with E-state index < -0.39 is 0 Å². The largest absolute Gasteiger partial charge is 0.325 e. The lowest BCUT2D eigenvalue weighted by atomic mass is 10.0. The van der Waals surface area contributed by atoms with Crippen LogP contribution in [0.25, 0.3) is 0 Å². The molecule has 1 atom stereocenters. The van der Waals surface area contributed by atoms with Gasteiger partial charge in [-0.3, -0.25) is 5.32 Å². The van der Waals surface area contributed by atoms with Gasteiger partial charge in [0.25, 0.3) is 0 Å². The lowest BCUT2D eigenvalue weighted by Gasteiger charge is -2.07. The van der Waals surface area contributed by atoms with E-state index in [1.807, 2.05) is 30.3 Å². The first-order valence-corrected chi connectivity index (χ1v) is 8.53. The molecular weight excluding hydrogens is 344 g/mol. The molecule has 0 spiro atoms. The minimum atomic E-state index is -0.368. The summed E-state index contributed by atoms with van der Waals surface area (Å²) in [4.78, 5) is 12.0. The van der Waals surface area contributed by atoms with E-state index in [9.17, 15) is 4.79 Å². The second-order valence-corrected chi connectivity index (χ2v) is 6.61. The number of aromatic nitrogens is 2. The summed E-state index contributed by atoms with van der Waals surface area (Å²) in [6.45, 7) is 2.06. The molecule has 0 radical (unpaired) electrons. The van der Waals surface area contributed by atoms with Gasteiger partial charge < -0.3 is 5.32 Å². The van der Waals surface area contributed by atoms with Gasteiger partial charge in [-0.15, -0.1) is 10.2 Å². The second-order valence-electron chi connectivity index (χ2n) is 5.16. The van der Waals surface area contributed by atoms with Gasteiger partial charge >= 0.3 is 6.03 Å². The Bertz CT molecular complexity index is 820. The van der Waals surface area contributed by atoms with Crippen LogP contribution in [0.1, 0.15) is 23.4 Å². The molecule has 24 heavy (non-hydrogen) atoms. The summed E-state index contributed by atoms with van der Waals surface area (Å²) in [6.07, 6.45) is 0. The van der Waals surface area contributed by atoms with Crippen molar-refractivity contribution in [1.29, 1.82) is 0 Å². The minimum Gasteiger partial charge on any atom is -0.308 e. The Morgan fingerprint density at radius 3 is 2.46 bits per heavy atom. The second kappa shape index (κ2) is 7.42. The van der Waals surface area contributed by atoms with Gasteiger partial charge in [0.1, 0.15) is 5.01 Å². The summed E-state index contributed by atoms with van der Waals surface area (Å²) >= 11 is 7.18. The highest BCUT2D eigenvalue weighted by molar-refractivity contribution is 7.15. The van der Waals surface area contributed by atoms with Crippen molar-refractivity contribution in [3.63, 3.8) is 0 Å². The summed E-state index contributed by atoms with van der Waals surface area (Å²) in [5, 5.41) is 15.5. The molecule has 2 N–H and O–H groups in total. The molecule has 0 fully saturated rings. The fourth-order valence-electron chi connectivity index (χ4n) is 2.14. The molecular formula is C17H15ClN4OS. The number of carbonyl (C=O) groups excluding carboxylic acids is 1. The van der Waals surface area contributed by atoms with Crippen LogP contribution in [0.3, 0.4) is 0 Å². The monoisotopic (exact) mass is 358 g/mol. The molecule has 0 aliphatic carbocycles. The van der Waals surface area contributed by atoms with Crippen LogP contribution in [-0.4, -0.2) is 16.2 Å². The Morgan fingerprint density at radius 2 is 1.75 bits per heavy atom. The predicted octanol–water partition coefficient (Wildman–Crippen LogP) is 4.99. The van der Waals surface area contributed by atoms with Crippen molar-refractivity contribution in [2.24, 2.45) is 0 Å². The first-order chi connectivity index (χ1) is 11.6. The van der Waals surface area contributed by atoms with E-state index in [1.54, 1.807) is 24.3 Å². The van der Waals surface area contributed by atoms with Gasteiger partial charge in [0.15, 0.2) is 0 Å².